The molecule has 0 aliphatic rings. The lowest BCUT2D eigenvalue weighted by Gasteiger charge is -2.19. The Morgan fingerprint density at radius 1 is 1.22 bits per heavy atom. The van der Waals surface area contributed by atoms with Gasteiger partial charge >= 0.3 is 0 Å². The van der Waals surface area contributed by atoms with Gasteiger partial charge in [-0.3, -0.25) is 0 Å². The van der Waals surface area contributed by atoms with E-state index in [1.165, 1.54) is 0 Å². The summed E-state index contributed by atoms with van der Waals surface area (Å²) in [7, 11) is 2.07. The highest BCUT2D eigenvalue weighted by atomic mass is 16.5. The van der Waals surface area contributed by atoms with Gasteiger partial charge in [-0.05, 0) is 43.5 Å². The van der Waals surface area contributed by atoms with Gasteiger partial charge < -0.3 is 14.7 Å². The number of terminal acetylenes is 1. The monoisotopic (exact) mass is 247 g/mol. The third kappa shape index (κ3) is 5.11. The molecule has 1 aromatic rings. The molecule has 0 aliphatic carbocycles. The minimum Gasteiger partial charge on any atom is -0.481 e. The van der Waals surface area contributed by atoms with Crippen LogP contribution in [0.3, 0.4) is 0 Å². The minimum atomic E-state index is 0.283. The van der Waals surface area contributed by atoms with Crippen molar-refractivity contribution in [2.45, 2.75) is 19.3 Å². The number of nitrogens with zero attached hydrogens (tertiary/aromatic N) is 1. The fraction of sp³-hybridized carbons (Fsp3) is 0.467. The second kappa shape index (κ2) is 8.43. The molecule has 98 valence electrons. The number of hydrogen-bond acceptors (Lipinski definition) is 3. The summed E-state index contributed by atoms with van der Waals surface area (Å²) in [5, 5.41) is 8.71. The van der Waals surface area contributed by atoms with E-state index < -0.39 is 0 Å². The lowest BCUT2D eigenvalue weighted by atomic mass is 10.2. The molecule has 3 nitrogen and oxygen atoms in total. The van der Waals surface area contributed by atoms with E-state index >= 15 is 0 Å². The van der Waals surface area contributed by atoms with Crippen molar-refractivity contribution in [3.05, 3.63) is 24.3 Å². The van der Waals surface area contributed by atoms with Crippen molar-refractivity contribution in [1.82, 2.24) is 0 Å². The normalized spacial score (nSPS) is 9.83. The molecule has 0 fully saturated rings. The van der Waals surface area contributed by atoms with E-state index in [2.05, 4.69) is 17.9 Å². The van der Waals surface area contributed by atoms with Gasteiger partial charge in [0.05, 0.1) is 0 Å². The third-order valence-electron chi connectivity index (χ3n) is 2.75. The zero-order valence-electron chi connectivity index (χ0n) is 10.9. The molecule has 1 aromatic carbocycles. The van der Waals surface area contributed by atoms with E-state index in [-0.39, 0.29) is 6.61 Å². The summed E-state index contributed by atoms with van der Waals surface area (Å²) in [6, 6.07) is 7.91. The summed E-state index contributed by atoms with van der Waals surface area (Å²) >= 11 is 0. The molecule has 0 aliphatic heterocycles. The molecule has 0 aromatic heterocycles. The van der Waals surface area contributed by atoms with Gasteiger partial charge in [0.15, 0.2) is 0 Å². The first kappa shape index (κ1) is 14.4. The van der Waals surface area contributed by atoms with Crippen LogP contribution in [-0.2, 0) is 0 Å². The van der Waals surface area contributed by atoms with Crippen LogP contribution in [0.2, 0.25) is 0 Å². The van der Waals surface area contributed by atoms with Crippen LogP contribution in [-0.4, -0.2) is 31.9 Å². The third-order valence-corrected chi connectivity index (χ3v) is 2.75. The van der Waals surface area contributed by atoms with E-state index in [1.54, 1.807) is 0 Å². The molecule has 1 rings (SSSR count). The van der Waals surface area contributed by atoms with Gasteiger partial charge in [0.2, 0.25) is 0 Å². The number of aliphatic hydroxyl groups excluding tert-OH is 1. The summed E-state index contributed by atoms with van der Waals surface area (Å²) < 4.78 is 5.32. The standard InChI is InChI=1S/C15H21NO2/c1-3-13-18-15-9-7-14(8-10-15)16(2)11-5-4-6-12-17/h1,7-10,17H,4-6,11-13H2,2H3. The number of hydrogen-bond donors (Lipinski definition) is 1. The maximum Gasteiger partial charge on any atom is 0.148 e. The van der Waals surface area contributed by atoms with E-state index in [4.69, 9.17) is 16.3 Å². The Hall–Kier alpha value is -1.66. The fourth-order valence-corrected chi connectivity index (χ4v) is 1.69. The van der Waals surface area contributed by atoms with Gasteiger partial charge in [-0.2, -0.15) is 0 Å². The quantitative estimate of drug-likeness (QED) is 0.565. The second-order valence-electron chi connectivity index (χ2n) is 4.19. The Kier molecular flexibility index (Phi) is 6.75. The molecule has 0 bridgehead atoms. The van der Waals surface area contributed by atoms with Crippen LogP contribution in [0.15, 0.2) is 24.3 Å². The highest BCUT2D eigenvalue weighted by molar-refractivity contribution is 5.48. The second-order valence-corrected chi connectivity index (χ2v) is 4.19. The number of anilines is 1. The molecule has 0 heterocycles. The molecule has 0 spiro atoms. The zero-order valence-corrected chi connectivity index (χ0v) is 10.9. The van der Waals surface area contributed by atoms with Crippen molar-refractivity contribution < 1.29 is 9.84 Å². The van der Waals surface area contributed by atoms with Crippen LogP contribution in [0.25, 0.3) is 0 Å². The molecule has 0 radical (unpaired) electrons. The minimum absolute atomic E-state index is 0.283. The van der Waals surface area contributed by atoms with Crippen LogP contribution >= 0.6 is 0 Å². The van der Waals surface area contributed by atoms with Crippen molar-refractivity contribution in [3.63, 3.8) is 0 Å². The van der Waals surface area contributed by atoms with E-state index in [0.717, 1.165) is 37.2 Å². The van der Waals surface area contributed by atoms with Crippen LogP contribution in [0.5, 0.6) is 5.75 Å². The van der Waals surface area contributed by atoms with E-state index in [0.29, 0.717) is 6.61 Å². The SMILES string of the molecule is C#CCOc1ccc(N(C)CCCCCO)cc1. The molecular weight excluding hydrogens is 226 g/mol. The van der Waals surface area contributed by atoms with Gasteiger partial charge in [0.25, 0.3) is 0 Å². The zero-order chi connectivity index (χ0) is 13.2. The average molecular weight is 247 g/mol. The number of rotatable bonds is 8. The average Bonchev–Trinajstić information content (AvgIpc) is 2.41. The van der Waals surface area contributed by atoms with E-state index in [9.17, 15) is 0 Å². The Morgan fingerprint density at radius 2 is 1.94 bits per heavy atom. The highest BCUT2D eigenvalue weighted by Gasteiger charge is 2.01. The first-order valence-corrected chi connectivity index (χ1v) is 6.26. The maximum absolute atomic E-state index is 8.71. The van der Waals surface area contributed by atoms with Crippen molar-refractivity contribution in [1.29, 1.82) is 0 Å². The number of benzene rings is 1. The predicted octanol–water partition coefficient (Wildman–Crippen LogP) is 2.30. The van der Waals surface area contributed by atoms with Gasteiger partial charge in [0, 0.05) is 25.9 Å². The largest absolute Gasteiger partial charge is 0.481 e. The highest BCUT2D eigenvalue weighted by Crippen LogP contribution is 2.18. The topological polar surface area (TPSA) is 32.7 Å². The molecule has 0 amide bonds. The summed E-state index contributed by atoms with van der Waals surface area (Å²) in [5.41, 5.74) is 1.16. The summed E-state index contributed by atoms with van der Waals surface area (Å²) in [6.07, 6.45) is 8.16. The van der Waals surface area contributed by atoms with Gasteiger partial charge in [-0.1, -0.05) is 5.92 Å². The molecule has 0 atom stereocenters. The Balaban J connectivity index is 2.39. The molecule has 0 saturated carbocycles. The van der Waals surface area contributed by atoms with Crippen molar-refractivity contribution in [2.75, 3.05) is 31.7 Å². The van der Waals surface area contributed by atoms with Crippen molar-refractivity contribution >= 4 is 5.69 Å². The number of unbranched alkanes of at least 4 members (excludes halogenated alkanes) is 2. The van der Waals surface area contributed by atoms with Crippen LogP contribution < -0.4 is 9.64 Å². The summed E-state index contributed by atoms with van der Waals surface area (Å²) in [4.78, 5) is 2.20. The first-order chi connectivity index (χ1) is 8.77. The van der Waals surface area contributed by atoms with Gasteiger partial charge in [-0.15, -0.1) is 6.42 Å². The van der Waals surface area contributed by atoms with Crippen LogP contribution in [0.1, 0.15) is 19.3 Å². The Labute approximate surface area is 109 Å². The molecule has 18 heavy (non-hydrogen) atoms. The molecular formula is C15H21NO2. The molecule has 0 saturated heterocycles. The lowest BCUT2D eigenvalue weighted by Crippen LogP contribution is -2.18. The van der Waals surface area contributed by atoms with Crippen LogP contribution in [0, 0.1) is 12.3 Å². The Bertz CT molecular complexity index is 367. The number of aliphatic hydroxyl groups is 1. The summed E-state index contributed by atoms with van der Waals surface area (Å²) in [5.74, 6) is 3.24. The van der Waals surface area contributed by atoms with E-state index in [1.807, 2.05) is 24.3 Å². The number of ether oxygens (including phenoxy) is 1. The Morgan fingerprint density at radius 3 is 2.56 bits per heavy atom. The first-order valence-electron chi connectivity index (χ1n) is 6.26. The summed E-state index contributed by atoms with van der Waals surface area (Å²) in [6.45, 7) is 1.58. The maximum atomic E-state index is 8.71. The van der Waals surface area contributed by atoms with Crippen LogP contribution in [0.4, 0.5) is 5.69 Å². The smallest absolute Gasteiger partial charge is 0.148 e. The van der Waals surface area contributed by atoms with Gasteiger partial charge in [-0.25, -0.2) is 0 Å². The molecule has 1 N–H and O–H groups in total. The fourth-order valence-electron chi connectivity index (χ4n) is 1.69. The molecule has 0 unspecified atom stereocenters. The van der Waals surface area contributed by atoms with Crippen molar-refractivity contribution in [3.8, 4) is 18.1 Å². The van der Waals surface area contributed by atoms with Gasteiger partial charge in [0.1, 0.15) is 12.4 Å². The predicted molar refractivity (Wildman–Crippen MR) is 75.0 cm³/mol. The van der Waals surface area contributed by atoms with Crippen molar-refractivity contribution in [2.24, 2.45) is 0 Å². The molecule has 3 heteroatoms. The lowest BCUT2D eigenvalue weighted by molar-refractivity contribution is 0.283.